The van der Waals surface area contributed by atoms with Crippen molar-refractivity contribution in [3.63, 3.8) is 0 Å². The predicted molar refractivity (Wildman–Crippen MR) is 44.1 cm³/mol. The summed E-state index contributed by atoms with van der Waals surface area (Å²) in [7, 11) is -2.75. The van der Waals surface area contributed by atoms with E-state index < -0.39 is 18.3 Å². The molecule has 0 saturated heterocycles. The highest BCUT2D eigenvalue weighted by Crippen LogP contribution is 1.95. The first-order chi connectivity index (χ1) is 4.06. The van der Waals surface area contributed by atoms with Crippen LogP contribution in [0.2, 0.25) is 13.1 Å². The molecular formula is C5H14O2Si2. The fourth-order valence-corrected chi connectivity index (χ4v) is 2.56. The van der Waals surface area contributed by atoms with Crippen molar-refractivity contribution >= 4 is 18.3 Å². The van der Waals surface area contributed by atoms with E-state index in [9.17, 15) is 0 Å². The first kappa shape index (κ1) is 9.09. The van der Waals surface area contributed by atoms with Crippen LogP contribution in [0.3, 0.4) is 0 Å². The largest absolute Gasteiger partial charge is 0.438 e. The Kier molecular flexibility index (Phi) is 4.04. The molecular weight excluding hydrogens is 148 g/mol. The van der Waals surface area contributed by atoms with E-state index in [0.29, 0.717) is 0 Å². The van der Waals surface area contributed by atoms with Gasteiger partial charge in [-0.15, -0.1) is 0 Å². The van der Waals surface area contributed by atoms with E-state index in [1.54, 1.807) is 13.1 Å². The van der Waals surface area contributed by atoms with Gasteiger partial charge in [-0.3, -0.25) is 0 Å². The highest BCUT2D eigenvalue weighted by atomic mass is 28.4. The average molecular weight is 162 g/mol. The molecule has 4 heteroatoms. The molecule has 0 aromatic carbocycles. The lowest BCUT2D eigenvalue weighted by Gasteiger charge is -2.12. The van der Waals surface area contributed by atoms with Gasteiger partial charge >= 0.3 is 8.56 Å². The fourth-order valence-electron chi connectivity index (χ4n) is 0.348. The summed E-state index contributed by atoms with van der Waals surface area (Å²) in [5.74, 6) is 0. The first-order valence-corrected chi connectivity index (χ1v) is 7.28. The molecule has 0 heterocycles. The summed E-state index contributed by atoms with van der Waals surface area (Å²) in [6.07, 6.45) is 1.96. The van der Waals surface area contributed by atoms with Crippen molar-refractivity contribution in [3.8, 4) is 0 Å². The van der Waals surface area contributed by atoms with Crippen molar-refractivity contribution in [1.82, 2.24) is 0 Å². The van der Waals surface area contributed by atoms with Gasteiger partial charge in [0.15, 0.2) is 9.76 Å². The molecule has 0 rings (SSSR count). The van der Waals surface area contributed by atoms with Gasteiger partial charge in [-0.1, -0.05) is 11.8 Å². The smallest absolute Gasteiger partial charge is 0.318 e. The number of hydrogen-bond donors (Lipinski definition) is 1. The molecule has 0 amide bonds. The van der Waals surface area contributed by atoms with Gasteiger partial charge in [0.2, 0.25) is 0 Å². The Morgan fingerprint density at radius 3 is 2.44 bits per heavy atom. The van der Waals surface area contributed by atoms with Gasteiger partial charge < -0.3 is 8.91 Å². The molecule has 0 bridgehead atoms. The van der Waals surface area contributed by atoms with Crippen LogP contribution in [-0.2, 0) is 4.12 Å². The van der Waals surface area contributed by atoms with E-state index in [1.807, 2.05) is 18.7 Å². The van der Waals surface area contributed by atoms with Crippen LogP contribution in [0.5, 0.6) is 0 Å². The molecule has 0 aliphatic heterocycles. The zero-order chi connectivity index (χ0) is 7.33. The zero-order valence-corrected chi connectivity index (χ0v) is 8.63. The third-order valence-corrected chi connectivity index (χ3v) is 4.92. The van der Waals surface area contributed by atoms with E-state index in [-0.39, 0.29) is 0 Å². The Labute approximate surface area is 59.7 Å². The Bertz CT molecular complexity index is 95.6. The Balaban J connectivity index is 3.28. The monoisotopic (exact) mass is 162 g/mol. The van der Waals surface area contributed by atoms with Crippen molar-refractivity contribution in [3.05, 3.63) is 11.8 Å². The summed E-state index contributed by atoms with van der Waals surface area (Å²) in [5.41, 5.74) is 2.02. The Morgan fingerprint density at radius 1 is 1.56 bits per heavy atom. The summed E-state index contributed by atoms with van der Waals surface area (Å²) in [4.78, 5) is 9.16. The van der Waals surface area contributed by atoms with E-state index in [1.165, 1.54) is 0 Å². The number of rotatable bonds is 3. The molecule has 1 N–H and O–H groups in total. The third kappa shape index (κ3) is 8.09. The second-order valence-electron chi connectivity index (χ2n) is 2.33. The average Bonchev–Trinajstić information content (AvgIpc) is 1.63. The lowest BCUT2D eigenvalue weighted by molar-refractivity contribution is 0.407. The minimum atomic E-state index is -2.18. The highest BCUT2D eigenvalue weighted by Gasteiger charge is 2.16. The summed E-state index contributed by atoms with van der Waals surface area (Å²) in [5, 5.41) is 0. The lowest BCUT2D eigenvalue weighted by atomic mass is 10.8. The lowest BCUT2D eigenvalue weighted by Crippen LogP contribution is -2.31. The van der Waals surface area contributed by atoms with Crippen LogP contribution < -0.4 is 0 Å². The Hall–Kier alpha value is 0.0938. The standard InChI is InChI=1S/C5H14O2Si2/c1-4-5-8-7-9(2,3)6/h4-6H,8H2,1-3H3. The minimum absolute atomic E-state index is 0.562. The highest BCUT2D eigenvalue weighted by molar-refractivity contribution is 6.68. The van der Waals surface area contributed by atoms with Gasteiger partial charge in [0.25, 0.3) is 0 Å². The molecule has 0 aliphatic rings. The molecule has 0 atom stereocenters. The normalized spacial score (nSPS) is 14.2. The predicted octanol–water partition coefficient (Wildman–Crippen LogP) is 0.314. The van der Waals surface area contributed by atoms with E-state index in [2.05, 4.69) is 0 Å². The maximum Gasteiger partial charge on any atom is 0.318 e. The second-order valence-corrected chi connectivity index (χ2v) is 7.18. The van der Waals surface area contributed by atoms with Crippen molar-refractivity contribution in [1.29, 1.82) is 0 Å². The van der Waals surface area contributed by atoms with Crippen LogP contribution in [0, 0.1) is 0 Å². The van der Waals surface area contributed by atoms with Crippen LogP contribution in [0.15, 0.2) is 11.8 Å². The molecule has 9 heavy (non-hydrogen) atoms. The van der Waals surface area contributed by atoms with Gasteiger partial charge in [0, 0.05) is 0 Å². The van der Waals surface area contributed by atoms with Gasteiger partial charge in [-0.2, -0.15) is 0 Å². The fraction of sp³-hybridized carbons (Fsp3) is 0.600. The van der Waals surface area contributed by atoms with Crippen LogP contribution in [0.4, 0.5) is 0 Å². The molecule has 0 spiro atoms. The van der Waals surface area contributed by atoms with Gasteiger partial charge in [0.1, 0.15) is 0 Å². The summed E-state index contributed by atoms with van der Waals surface area (Å²) in [6.45, 7) is 5.52. The van der Waals surface area contributed by atoms with Crippen molar-refractivity contribution < 1.29 is 8.91 Å². The molecule has 0 aliphatic carbocycles. The summed E-state index contributed by atoms with van der Waals surface area (Å²) < 4.78 is 5.22. The number of allylic oxidation sites excluding steroid dienone is 1. The van der Waals surface area contributed by atoms with Crippen LogP contribution in [0.1, 0.15) is 6.92 Å². The summed E-state index contributed by atoms with van der Waals surface area (Å²) >= 11 is 0. The van der Waals surface area contributed by atoms with Crippen molar-refractivity contribution in [2.75, 3.05) is 0 Å². The molecule has 0 aromatic heterocycles. The molecule has 0 fully saturated rings. The van der Waals surface area contributed by atoms with Crippen LogP contribution in [0.25, 0.3) is 0 Å². The van der Waals surface area contributed by atoms with Crippen molar-refractivity contribution in [2.45, 2.75) is 20.0 Å². The summed E-state index contributed by atoms with van der Waals surface area (Å²) in [6, 6.07) is 0. The zero-order valence-electron chi connectivity index (χ0n) is 6.22. The minimum Gasteiger partial charge on any atom is -0.438 e. The van der Waals surface area contributed by atoms with Crippen molar-refractivity contribution in [2.24, 2.45) is 0 Å². The van der Waals surface area contributed by atoms with Gasteiger partial charge in [-0.25, -0.2) is 0 Å². The Morgan fingerprint density at radius 2 is 2.11 bits per heavy atom. The molecule has 0 unspecified atom stereocenters. The van der Waals surface area contributed by atoms with E-state index in [4.69, 9.17) is 8.91 Å². The molecule has 0 aromatic rings. The molecule has 54 valence electrons. The number of hydrogen-bond acceptors (Lipinski definition) is 2. The van der Waals surface area contributed by atoms with E-state index in [0.717, 1.165) is 0 Å². The second kappa shape index (κ2) is 4.00. The van der Waals surface area contributed by atoms with Crippen LogP contribution >= 0.6 is 0 Å². The quantitative estimate of drug-likeness (QED) is 0.606. The third-order valence-electron chi connectivity index (χ3n) is 0.768. The molecule has 0 saturated carbocycles. The maximum absolute atomic E-state index is 9.16. The first-order valence-electron chi connectivity index (χ1n) is 3.04. The van der Waals surface area contributed by atoms with E-state index >= 15 is 0 Å². The van der Waals surface area contributed by atoms with Gasteiger partial charge in [-0.05, 0) is 20.0 Å². The molecule has 2 nitrogen and oxygen atoms in total. The van der Waals surface area contributed by atoms with Gasteiger partial charge in [0.05, 0.1) is 0 Å². The SMILES string of the molecule is CC=C[SiH2]O[Si](C)(C)O. The molecule has 0 radical (unpaired) electrons. The van der Waals surface area contributed by atoms with Crippen LogP contribution in [-0.4, -0.2) is 23.1 Å². The topological polar surface area (TPSA) is 29.5 Å². The maximum atomic E-state index is 9.16.